The summed E-state index contributed by atoms with van der Waals surface area (Å²) in [4.78, 5) is 3.17. The van der Waals surface area contributed by atoms with Gasteiger partial charge in [0.15, 0.2) is 0 Å². The minimum Gasteiger partial charge on any atom is -0.389 e. The van der Waals surface area contributed by atoms with Crippen molar-refractivity contribution < 1.29 is 23.4 Å². The average molecular weight is 253 g/mol. The van der Waals surface area contributed by atoms with Crippen molar-refractivity contribution in [1.82, 2.24) is 4.98 Å². The fourth-order valence-electron chi connectivity index (χ4n) is 1.07. The Balaban J connectivity index is 2.87. The van der Waals surface area contributed by atoms with Crippen molar-refractivity contribution >= 4 is 12.6 Å². The van der Waals surface area contributed by atoms with Gasteiger partial charge in [-0.25, -0.2) is 0 Å². The smallest absolute Gasteiger partial charge is 0.389 e. The molecule has 0 amide bonds. The topological polar surface area (TPSA) is 53.4 Å². The third-order valence-electron chi connectivity index (χ3n) is 1.97. The lowest BCUT2D eigenvalue weighted by Crippen LogP contribution is -2.20. The quantitative estimate of drug-likeness (QED) is 0.714. The molecule has 0 aromatic carbocycles. The van der Waals surface area contributed by atoms with Crippen LogP contribution in [0.1, 0.15) is 17.4 Å². The van der Waals surface area contributed by atoms with Crippen molar-refractivity contribution in [2.24, 2.45) is 0 Å². The summed E-state index contributed by atoms with van der Waals surface area (Å²) in [5.41, 5.74) is -0.918. The molecule has 7 heteroatoms. The molecule has 0 saturated carbocycles. The second-order valence-corrected chi connectivity index (χ2v) is 3.53. The standard InChI is InChI=1S/C9H10F3NO2S/c10-9(11,12)7-2-1-5(3-13-7)8(15)6(14)4-16/h1-3,6,8,14-16H,4H2. The van der Waals surface area contributed by atoms with Crippen LogP contribution in [0.4, 0.5) is 13.2 Å². The van der Waals surface area contributed by atoms with Gasteiger partial charge in [0.05, 0.1) is 6.10 Å². The zero-order valence-electron chi connectivity index (χ0n) is 8.02. The molecule has 0 saturated heterocycles. The van der Waals surface area contributed by atoms with Crippen LogP contribution < -0.4 is 0 Å². The van der Waals surface area contributed by atoms with Crippen molar-refractivity contribution in [2.75, 3.05) is 5.75 Å². The van der Waals surface area contributed by atoms with Crippen LogP contribution in [0.3, 0.4) is 0 Å². The van der Waals surface area contributed by atoms with E-state index in [1.54, 1.807) is 0 Å². The van der Waals surface area contributed by atoms with Gasteiger partial charge >= 0.3 is 6.18 Å². The van der Waals surface area contributed by atoms with Crippen LogP contribution in [-0.2, 0) is 6.18 Å². The number of aliphatic hydroxyl groups excluding tert-OH is 2. The van der Waals surface area contributed by atoms with Crippen molar-refractivity contribution in [3.05, 3.63) is 29.6 Å². The molecular formula is C9H10F3NO2S. The molecule has 1 aromatic rings. The van der Waals surface area contributed by atoms with Crippen molar-refractivity contribution in [1.29, 1.82) is 0 Å². The van der Waals surface area contributed by atoms with E-state index in [4.69, 9.17) is 0 Å². The van der Waals surface area contributed by atoms with Crippen molar-refractivity contribution in [3.63, 3.8) is 0 Å². The molecule has 2 N–H and O–H groups in total. The van der Waals surface area contributed by atoms with E-state index in [-0.39, 0.29) is 11.3 Å². The molecule has 0 aliphatic carbocycles. The first-order valence-electron chi connectivity index (χ1n) is 4.36. The van der Waals surface area contributed by atoms with E-state index >= 15 is 0 Å². The van der Waals surface area contributed by atoms with E-state index in [1.165, 1.54) is 0 Å². The lowest BCUT2D eigenvalue weighted by atomic mass is 10.1. The summed E-state index contributed by atoms with van der Waals surface area (Å²) in [6, 6.07) is 1.83. The molecule has 1 aromatic heterocycles. The highest BCUT2D eigenvalue weighted by Crippen LogP contribution is 2.28. The second kappa shape index (κ2) is 5.03. The molecule has 0 radical (unpaired) electrons. The molecule has 2 atom stereocenters. The predicted molar refractivity (Wildman–Crippen MR) is 54.1 cm³/mol. The van der Waals surface area contributed by atoms with Gasteiger partial charge in [-0.3, -0.25) is 4.98 Å². The Bertz CT molecular complexity index is 342. The first-order chi connectivity index (χ1) is 7.36. The number of pyridine rings is 1. The molecule has 2 unspecified atom stereocenters. The average Bonchev–Trinajstić information content (AvgIpc) is 2.26. The van der Waals surface area contributed by atoms with E-state index < -0.39 is 24.1 Å². The number of hydrogen-bond acceptors (Lipinski definition) is 4. The van der Waals surface area contributed by atoms with Gasteiger partial charge in [-0.1, -0.05) is 6.07 Å². The highest BCUT2D eigenvalue weighted by molar-refractivity contribution is 7.80. The fourth-order valence-corrected chi connectivity index (χ4v) is 1.27. The van der Waals surface area contributed by atoms with Crippen LogP contribution in [0.2, 0.25) is 0 Å². The molecule has 0 aliphatic rings. The minimum atomic E-state index is -4.51. The maximum absolute atomic E-state index is 12.2. The zero-order chi connectivity index (χ0) is 12.3. The van der Waals surface area contributed by atoms with Crippen LogP contribution in [0, 0.1) is 0 Å². The van der Waals surface area contributed by atoms with Gasteiger partial charge in [0.1, 0.15) is 11.8 Å². The van der Waals surface area contributed by atoms with E-state index in [1.807, 2.05) is 0 Å². The number of thiol groups is 1. The Morgan fingerprint density at radius 2 is 1.94 bits per heavy atom. The summed E-state index contributed by atoms with van der Waals surface area (Å²) in [6.45, 7) is 0. The predicted octanol–water partition coefficient (Wildman–Crippen LogP) is 1.42. The van der Waals surface area contributed by atoms with Gasteiger partial charge in [-0.15, -0.1) is 0 Å². The van der Waals surface area contributed by atoms with Gasteiger partial charge in [-0.2, -0.15) is 25.8 Å². The Hall–Kier alpha value is -0.790. The highest BCUT2D eigenvalue weighted by atomic mass is 32.1. The highest BCUT2D eigenvalue weighted by Gasteiger charge is 2.32. The first-order valence-corrected chi connectivity index (χ1v) is 4.99. The summed E-state index contributed by atoms with van der Waals surface area (Å²) in [5.74, 6) is 0.00217. The van der Waals surface area contributed by atoms with Crippen LogP contribution in [-0.4, -0.2) is 27.1 Å². The summed E-state index contributed by atoms with van der Waals surface area (Å²) in [6.07, 6.45) is -6.04. The number of aliphatic hydroxyl groups is 2. The van der Waals surface area contributed by atoms with E-state index in [2.05, 4.69) is 17.6 Å². The summed E-state index contributed by atoms with van der Waals surface area (Å²) < 4.78 is 36.5. The number of halogens is 3. The first kappa shape index (κ1) is 13.3. The van der Waals surface area contributed by atoms with E-state index in [0.717, 1.165) is 18.3 Å². The largest absolute Gasteiger partial charge is 0.433 e. The van der Waals surface area contributed by atoms with Gasteiger partial charge < -0.3 is 10.2 Å². The zero-order valence-corrected chi connectivity index (χ0v) is 8.91. The summed E-state index contributed by atoms with van der Waals surface area (Å²) in [7, 11) is 0. The Morgan fingerprint density at radius 1 is 1.31 bits per heavy atom. The normalized spacial score (nSPS) is 15.9. The molecule has 3 nitrogen and oxygen atoms in total. The lowest BCUT2D eigenvalue weighted by Gasteiger charge is -2.16. The van der Waals surface area contributed by atoms with E-state index in [9.17, 15) is 23.4 Å². The molecule has 1 rings (SSSR count). The van der Waals surface area contributed by atoms with Crippen LogP contribution >= 0.6 is 12.6 Å². The Labute approximate surface area is 95.4 Å². The third kappa shape index (κ3) is 3.10. The van der Waals surface area contributed by atoms with Crippen molar-refractivity contribution in [2.45, 2.75) is 18.4 Å². The molecule has 16 heavy (non-hydrogen) atoms. The second-order valence-electron chi connectivity index (χ2n) is 3.17. The number of nitrogens with zero attached hydrogens (tertiary/aromatic N) is 1. The maximum Gasteiger partial charge on any atom is 0.433 e. The van der Waals surface area contributed by atoms with Gasteiger partial charge in [0.2, 0.25) is 0 Å². The fraction of sp³-hybridized carbons (Fsp3) is 0.444. The molecule has 0 fully saturated rings. The van der Waals surface area contributed by atoms with E-state index in [0.29, 0.717) is 0 Å². The Kier molecular flexibility index (Phi) is 4.17. The lowest BCUT2D eigenvalue weighted by molar-refractivity contribution is -0.141. The molecule has 90 valence electrons. The molecule has 1 heterocycles. The molecular weight excluding hydrogens is 243 g/mol. The van der Waals surface area contributed by atoms with Crippen LogP contribution in [0.5, 0.6) is 0 Å². The van der Waals surface area contributed by atoms with Gasteiger partial charge in [0, 0.05) is 17.5 Å². The number of aromatic nitrogens is 1. The van der Waals surface area contributed by atoms with Gasteiger partial charge in [-0.05, 0) is 6.07 Å². The summed E-state index contributed by atoms with van der Waals surface area (Å²) in [5, 5.41) is 18.7. The third-order valence-corrected chi connectivity index (χ3v) is 2.34. The van der Waals surface area contributed by atoms with Gasteiger partial charge in [0.25, 0.3) is 0 Å². The minimum absolute atomic E-state index is 0.00217. The molecule has 0 aliphatic heterocycles. The SMILES string of the molecule is OC(CS)C(O)c1ccc(C(F)(F)F)nc1. The number of hydrogen-bond donors (Lipinski definition) is 3. The monoisotopic (exact) mass is 253 g/mol. The Morgan fingerprint density at radius 3 is 2.31 bits per heavy atom. The number of rotatable bonds is 3. The number of alkyl halides is 3. The molecule has 0 bridgehead atoms. The summed E-state index contributed by atoms with van der Waals surface area (Å²) >= 11 is 3.76. The maximum atomic E-state index is 12.2. The molecule has 0 spiro atoms. The van der Waals surface area contributed by atoms with Crippen molar-refractivity contribution in [3.8, 4) is 0 Å². The van der Waals surface area contributed by atoms with Crippen LogP contribution in [0.25, 0.3) is 0 Å². The van der Waals surface area contributed by atoms with Crippen LogP contribution in [0.15, 0.2) is 18.3 Å².